The first-order valence-corrected chi connectivity index (χ1v) is 18.0. The number of alkyl halides is 6. The number of rotatable bonds is 4. The van der Waals surface area contributed by atoms with Crippen LogP contribution < -0.4 is 31.4 Å². The molecular formula is C34H30Cu2F6N4P3+. The molecule has 6 aromatic rings. The molecule has 15 heteroatoms. The van der Waals surface area contributed by atoms with E-state index in [9.17, 15) is 26.3 Å². The molecule has 2 radical (unpaired) electrons. The number of hydrogen-bond donors (Lipinski definition) is 0. The summed E-state index contributed by atoms with van der Waals surface area (Å²) in [6.07, 6.45) is -5.88. The van der Waals surface area contributed by atoms with Gasteiger partial charge >= 0.3 is 46.5 Å². The standard InChI is InChI=1S/C19H16P.C7H9P2.2C4H2F3N2.2Cu/c1-16-10-8-9-15-19(16)20(17-11-4-2-5-12-17)18-13-6-3-7-14-18;1-6-4-2-3-5-7(6)9-8;2*5-4(6,7)3-1-8-9-2-3;;/h2-15H,1H2;2-5,9H,1,8H2;2*1-2H;;/q4*-1;2*+2/p+1. The molecule has 264 valence electrons. The maximum Gasteiger partial charge on any atom is 2.00 e. The molecule has 4 aromatic carbocycles. The molecule has 2 unspecified atom stereocenters. The van der Waals surface area contributed by atoms with Crippen LogP contribution in [0.5, 0.6) is 0 Å². The average Bonchev–Trinajstić information content (AvgIpc) is 3.81. The molecule has 0 saturated carbocycles. The predicted molar refractivity (Wildman–Crippen MR) is 185 cm³/mol. The van der Waals surface area contributed by atoms with Crippen molar-refractivity contribution >= 4 is 46.3 Å². The molecule has 0 spiro atoms. The summed E-state index contributed by atoms with van der Waals surface area (Å²) >= 11 is 0. The molecule has 0 bridgehead atoms. The fraction of sp³-hybridized carbons (Fsp3) is 0.0588. The Kier molecular flexibility index (Phi) is 19.7. The molecule has 0 aliphatic heterocycles. The third-order valence-corrected chi connectivity index (χ3v) is 10.7. The van der Waals surface area contributed by atoms with Gasteiger partial charge in [-0.3, -0.25) is 0 Å². The molecule has 2 heterocycles. The Morgan fingerprint density at radius 1 is 0.571 bits per heavy atom. The first kappa shape index (κ1) is 44.0. The van der Waals surface area contributed by atoms with Gasteiger partial charge in [0.1, 0.15) is 0 Å². The molecular weight excluding hydrogens is 798 g/mol. The van der Waals surface area contributed by atoms with Gasteiger partial charge < -0.3 is 20.4 Å². The maximum absolute atomic E-state index is 11.5. The molecule has 0 fully saturated rings. The molecule has 0 amide bonds. The molecule has 49 heavy (non-hydrogen) atoms. The molecule has 6 rings (SSSR count). The van der Waals surface area contributed by atoms with Crippen molar-refractivity contribution in [3.63, 3.8) is 0 Å². The monoisotopic (exact) mass is 827 g/mol. The summed E-state index contributed by atoms with van der Waals surface area (Å²) in [6.45, 7) is 8.10. The third-order valence-electron chi connectivity index (χ3n) is 6.16. The largest absolute Gasteiger partial charge is 2.00 e. The van der Waals surface area contributed by atoms with Gasteiger partial charge in [0.25, 0.3) is 0 Å². The SMILES string of the molecule is FC(F)(F)c1cn[n-]c1.FC(F)(F)c1cn[n-]c1.[CH2-]c1ccccc1PP.[CH2-]c1ccccc1[PH+](c1ccccc1)c1ccccc1.[Cu+2].[Cu+2]. The van der Waals surface area contributed by atoms with Crippen molar-refractivity contribution < 1.29 is 60.5 Å². The zero-order chi connectivity index (χ0) is 34.3. The van der Waals surface area contributed by atoms with Gasteiger partial charge in [0.2, 0.25) is 0 Å². The minimum Gasteiger partial charge on any atom is -0.581 e. The van der Waals surface area contributed by atoms with Crippen LogP contribution in [0.2, 0.25) is 0 Å². The molecule has 0 saturated heterocycles. The summed E-state index contributed by atoms with van der Waals surface area (Å²) in [5.41, 5.74) is 0.671. The smallest absolute Gasteiger partial charge is 0.581 e. The Morgan fingerprint density at radius 3 is 1.27 bits per heavy atom. The van der Waals surface area contributed by atoms with Gasteiger partial charge in [0.15, 0.2) is 0 Å². The normalized spacial score (nSPS) is 10.7. The van der Waals surface area contributed by atoms with Gasteiger partial charge in [0, 0.05) is 17.7 Å². The quantitative estimate of drug-likeness (QED) is 0.0804. The van der Waals surface area contributed by atoms with E-state index >= 15 is 0 Å². The maximum atomic E-state index is 11.5. The first-order valence-electron chi connectivity index (χ1n) is 13.7. The van der Waals surface area contributed by atoms with E-state index in [0.29, 0.717) is 24.8 Å². The van der Waals surface area contributed by atoms with Crippen molar-refractivity contribution in [2.75, 3.05) is 0 Å². The Hall–Kier alpha value is -3.05. The second-order valence-electron chi connectivity index (χ2n) is 9.45. The van der Waals surface area contributed by atoms with Crippen LogP contribution in [-0.2, 0) is 46.5 Å². The van der Waals surface area contributed by atoms with Crippen LogP contribution in [-0.4, -0.2) is 10.2 Å². The van der Waals surface area contributed by atoms with Gasteiger partial charge in [0.05, 0.1) is 29.7 Å². The molecule has 2 atom stereocenters. The molecule has 4 nitrogen and oxygen atoms in total. The minimum atomic E-state index is -4.30. The van der Waals surface area contributed by atoms with E-state index in [1.54, 1.807) is 0 Å². The van der Waals surface area contributed by atoms with Crippen LogP contribution in [0.1, 0.15) is 22.3 Å². The van der Waals surface area contributed by atoms with Crippen molar-refractivity contribution in [3.8, 4) is 0 Å². The average molecular weight is 829 g/mol. The van der Waals surface area contributed by atoms with Crippen LogP contribution in [0.25, 0.3) is 0 Å². The van der Waals surface area contributed by atoms with E-state index in [2.05, 4.69) is 134 Å². The van der Waals surface area contributed by atoms with Crippen LogP contribution in [0.15, 0.2) is 134 Å². The van der Waals surface area contributed by atoms with Gasteiger partial charge in [-0.15, -0.1) is 53.1 Å². The summed E-state index contributed by atoms with van der Waals surface area (Å²) in [5.74, 6) is 0. The summed E-state index contributed by atoms with van der Waals surface area (Å²) in [4.78, 5) is 0. The van der Waals surface area contributed by atoms with E-state index < -0.39 is 31.4 Å². The predicted octanol–water partition coefficient (Wildman–Crippen LogP) is 7.43. The molecule has 0 aliphatic carbocycles. The second-order valence-corrected chi connectivity index (χ2v) is 13.6. The summed E-state index contributed by atoms with van der Waals surface area (Å²) < 4.78 is 69.2. The van der Waals surface area contributed by atoms with Crippen LogP contribution in [0.4, 0.5) is 26.3 Å². The Labute approximate surface area is 308 Å². The third kappa shape index (κ3) is 14.8. The Morgan fingerprint density at radius 2 is 0.959 bits per heavy atom. The van der Waals surface area contributed by atoms with Crippen molar-refractivity contribution in [1.29, 1.82) is 0 Å². The van der Waals surface area contributed by atoms with Gasteiger partial charge in [-0.1, -0.05) is 54.6 Å². The second kappa shape index (κ2) is 21.9. The van der Waals surface area contributed by atoms with Crippen molar-refractivity contribution in [1.82, 2.24) is 20.4 Å². The van der Waals surface area contributed by atoms with Crippen LogP contribution in [0.3, 0.4) is 0 Å². The number of aromatic nitrogens is 4. The number of hydrogen-bond acceptors (Lipinski definition) is 2. The van der Waals surface area contributed by atoms with E-state index in [-0.39, 0.29) is 34.1 Å². The van der Waals surface area contributed by atoms with E-state index in [4.69, 9.17) is 0 Å². The van der Waals surface area contributed by atoms with Crippen molar-refractivity contribution in [3.05, 3.63) is 170 Å². The number of nitrogens with zero attached hydrogens (tertiary/aromatic N) is 4. The molecule has 0 N–H and O–H groups in total. The zero-order valence-electron chi connectivity index (χ0n) is 25.4. The summed E-state index contributed by atoms with van der Waals surface area (Å²) in [7, 11) is 2.53. The fourth-order valence-electron chi connectivity index (χ4n) is 3.85. The van der Waals surface area contributed by atoms with Crippen LogP contribution >= 0.6 is 25.1 Å². The summed E-state index contributed by atoms with van der Waals surface area (Å²) in [5, 5.41) is 17.6. The molecule has 0 aliphatic rings. The zero-order valence-corrected chi connectivity index (χ0v) is 30.4. The van der Waals surface area contributed by atoms with Gasteiger partial charge in [-0.2, -0.15) is 63.4 Å². The fourth-order valence-corrected chi connectivity index (χ4v) is 7.83. The van der Waals surface area contributed by atoms with E-state index in [1.807, 2.05) is 18.2 Å². The first-order chi connectivity index (χ1) is 22.4. The Balaban J connectivity index is 0.000000351. The number of benzene rings is 4. The van der Waals surface area contributed by atoms with E-state index in [0.717, 1.165) is 19.4 Å². The van der Waals surface area contributed by atoms with Gasteiger partial charge in [-0.25, -0.2) is 0 Å². The minimum absolute atomic E-state index is 0. The van der Waals surface area contributed by atoms with Crippen molar-refractivity contribution in [2.24, 2.45) is 0 Å². The molecule has 2 aromatic heterocycles. The van der Waals surface area contributed by atoms with Gasteiger partial charge in [-0.05, 0) is 24.3 Å². The van der Waals surface area contributed by atoms with Crippen molar-refractivity contribution in [2.45, 2.75) is 12.4 Å². The summed E-state index contributed by atoms with van der Waals surface area (Å²) in [6, 6.07) is 38.2. The Bertz CT molecular complexity index is 1640. The van der Waals surface area contributed by atoms with E-state index in [1.165, 1.54) is 21.2 Å². The number of halogens is 6. The topological polar surface area (TPSA) is 54.0 Å². The van der Waals surface area contributed by atoms with Crippen LogP contribution in [0, 0.1) is 13.8 Å².